The molecular formula is C28H36ClN7O2. The number of piperazine rings is 1. The minimum absolute atomic E-state index is 0.200. The highest BCUT2D eigenvalue weighted by Gasteiger charge is 2.42. The van der Waals surface area contributed by atoms with E-state index in [1.807, 2.05) is 61.5 Å². The molecule has 0 spiro atoms. The van der Waals surface area contributed by atoms with Crippen molar-refractivity contribution in [2.45, 2.75) is 25.1 Å². The second-order valence-corrected chi connectivity index (χ2v) is 10.3. The van der Waals surface area contributed by atoms with Gasteiger partial charge in [-0.15, -0.1) is 0 Å². The number of ether oxygens (including phenoxy) is 1. The molecule has 2 fully saturated rings. The molecule has 9 nitrogen and oxygen atoms in total. The number of hydrogen-bond acceptors (Lipinski definition) is 8. The second-order valence-electron chi connectivity index (χ2n) is 9.88. The van der Waals surface area contributed by atoms with Crippen LogP contribution in [0.3, 0.4) is 0 Å². The first-order valence-corrected chi connectivity index (χ1v) is 13.1. The van der Waals surface area contributed by atoms with Crippen LogP contribution in [0.1, 0.15) is 23.7 Å². The number of hydrogen-bond donors (Lipinski definition) is 3. The molecule has 3 aliphatic heterocycles. The molecule has 2 aromatic rings. The summed E-state index contributed by atoms with van der Waals surface area (Å²) < 4.78 is 5.24. The Bertz CT molecular complexity index is 1190. The smallest absolute Gasteiger partial charge is 0.411 e. The number of nitrogens with two attached hydrogens (primary N) is 1. The maximum Gasteiger partial charge on any atom is 0.411 e. The molecule has 0 saturated carbocycles. The van der Waals surface area contributed by atoms with Gasteiger partial charge in [-0.1, -0.05) is 30.3 Å². The van der Waals surface area contributed by atoms with E-state index in [2.05, 4.69) is 27.2 Å². The van der Waals surface area contributed by atoms with Crippen LogP contribution >= 0.6 is 11.6 Å². The van der Waals surface area contributed by atoms with Crippen LogP contribution in [0.5, 0.6) is 0 Å². The summed E-state index contributed by atoms with van der Waals surface area (Å²) in [4.78, 5) is 23.9. The van der Waals surface area contributed by atoms with Crippen molar-refractivity contribution in [2.24, 2.45) is 10.7 Å². The van der Waals surface area contributed by atoms with Crippen LogP contribution < -0.4 is 16.4 Å². The number of rotatable bonds is 6. The SMILES string of the molecule is C=C(c1cc(Cl)ccc1Cc1ccccn1)C(N)C1=CN=CN(C)C1.CC1(OC(=O)N2CCNCC2)CN1. The van der Waals surface area contributed by atoms with Gasteiger partial charge in [-0.25, -0.2) is 9.79 Å². The number of carbonyl (C=O) groups excluding carboxylic acids is 1. The molecule has 202 valence electrons. The van der Waals surface area contributed by atoms with Gasteiger partial charge in [-0.3, -0.25) is 10.3 Å². The summed E-state index contributed by atoms with van der Waals surface area (Å²) in [6.45, 7) is 10.9. The summed E-state index contributed by atoms with van der Waals surface area (Å²) >= 11 is 6.23. The maximum atomic E-state index is 11.5. The number of likely N-dealkylation sites (N-methyl/N-ethyl adjacent to an activating group) is 1. The van der Waals surface area contributed by atoms with E-state index in [4.69, 9.17) is 22.1 Å². The Labute approximate surface area is 229 Å². The van der Waals surface area contributed by atoms with Gasteiger partial charge in [0.2, 0.25) is 0 Å². The van der Waals surface area contributed by atoms with Gasteiger partial charge in [0.15, 0.2) is 5.72 Å². The van der Waals surface area contributed by atoms with Crippen molar-refractivity contribution in [1.29, 1.82) is 0 Å². The number of nitrogens with one attached hydrogen (secondary N) is 2. The number of amides is 1. The summed E-state index contributed by atoms with van der Waals surface area (Å²) in [5.74, 6) is 0. The van der Waals surface area contributed by atoms with Crippen LogP contribution in [0.25, 0.3) is 5.57 Å². The quantitative estimate of drug-likeness (QED) is 0.485. The predicted octanol–water partition coefficient (Wildman–Crippen LogP) is 2.87. The number of aliphatic imine (C=N–C) groups is 1. The van der Waals surface area contributed by atoms with Crippen molar-refractivity contribution in [1.82, 2.24) is 25.4 Å². The third-order valence-corrected chi connectivity index (χ3v) is 6.82. The molecule has 5 rings (SSSR count). The van der Waals surface area contributed by atoms with Crippen LogP contribution in [0.15, 0.2) is 65.9 Å². The predicted molar refractivity (Wildman–Crippen MR) is 152 cm³/mol. The number of aromatic nitrogens is 1. The van der Waals surface area contributed by atoms with Crippen molar-refractivity contribution < 1.29 is 9.53 Å². The van der Waals surface area contributed by atoms with Gasteiger partial charge in [0.1, 0.15) is 0 Å². The zero-order chi connectivity index (χ0) is 27.1. The van der Waals surface area contributed by atoms with Gasteiger partial charge >= 0.3 is 6.09 Å². The highest BCUT2D eigenvalue weighted by Crippen LogP contribution is 2.28. The molecule has 1 aromatic carbocycles. The molecule has 1 amide bonds. The first-order chi connectivity index (χ1) is 18.2. The zero-order valence-electron chi connectivity index (χ0n) is 22.0. The third kappa shape index (κ3) is 7.64. The normalized spacial score (nSPS) is 21.1. The lowest BCUT2D eigenvalue weighted by atomic mass is 9.90. The van der Waals surface area contributed by atoms with E-state index in [-0.39, 0.29) is 17.9 Å². The van der Waals surface area contributed by atoms with Gasteiger partial charge in [0.05, 0.1) is 18.9 Å². The molecule has 0 aliphatic carbocycles. The van der Waals surface area contributed by atoms with Crippen LogP contribution in [-0.2, 0) is 11.2 Å². The van der Waals surface area contributed by atoms with Gasteiger partial charge in [0, 0.05) is 69.3 Å². The summed E-state index contributed by atoms with van der Waals surface area (Å²) in [6.07, 6.45) is 5.90. The number of pyridine rings is 1. The van der Waals surface area contributed by atoms with Crippen molar-refractivity contribution in [3.8, 4) is 0 Å². The summed E-state index contributed by atoms with van der Waals surface area (Å²) in [7, 11) is 1.97. The number of nitrogens with zero attached hydrogens (tertiary/aromatic N) is 4. The first-order valence-electron chi connectivity index (χ1n) is 12.7. The van der Waals surface area contributed by atoms with E-state index < -0.39 is 0 Å². The van der Waals surface area contributed by atoms with Crippen molar-refractivity contribution in [3.63, 3.8) is 0 Å². The molecule has 4 N–H and O–H groups in total. The van der Waals surface area contributed by atoms with E-state index in [1.165, 1.54) is 0 Å². The molecule has 2 unspecified atom stereocenters. The molecule has 0 bridgehead atoms. The van der Waals surface area contributed by atoms with Crippen LogP contribution in [0.4, 0.5) is 4.79 Å². The molecule has 2 atom stereocenters. The van der Waals surface area contributed by atoms with Crippen LogP contribution in [0, 0.1) is 0 Å². The number of halogens is 1. The fourth-order valence-electron chi connectivity index (χ4n) is 4.18. The Morgan fingerprint density at radius 2 is 2.05 bits per heavy atom. The van der Waals surface area contributed by atoms with Crippen LogP contribution in [0.2, 0.25) is 5.02 Å². The Kier molecular flexibility index (Phi) is 9.17. The second kappa shape index (κ2) is 12.5. The van der Waals surface area contributed by atoms with Gasteiger partial charge in [0.25, 0.3) is 0 Å². The Hall–Kier alpha value is -3.24. The molecule has 38 heavy (non-hydrogen) atoms. The van der Waals surface area contributed by atoms with Gasteiger partial charge in [-0.05, 0) is 53.5 Å². The van der Waals surface area contributed by atoms with Crippen molar-refractivity contribution >= 4 is 29.6 Å². The monoisotopic (exact) mass is 537 g/mol. The molecule has 2 saturated heterocycles. The standard InChI is InChI=1S/C20H21ClN4.C8H15N3O2/c1-14(20(22)16-11-23-13-25(2)12-16)19-10-17(21)7-6-15(19)9-18-5-3-4-8-24-18;1-8(6-10-8)13-7(12)11-4-2-9-3-5-11/h3-8,10-11,13,20H,1,9,12,22H2,2H3;9-10H,2-6H2,1H3. The Balaban J connectivity index is 0.000000216. The molecular weight excluding hydrogens is 502 g/mol. The maximum absolute atomic E-state index is 11.5. The van der Waals surface area contributed by atoms with E-state index >= 15 is 0 Å². The largest absolute Gasteiger partial charge is 0.427 e. The minimum atomic E-state index is -0.387. The van der Waals surface area contributed by atoms with Gasteiger partial charge < -0.3 is 25.6 Å². The summed E-state index contributed by atoms with van der Waals surface area (Å²) in [5, 5.41) is 6.85. The average Bonchev–Trinajstić information content (AvgIpc) is 3.66. The minimum Gasteiger partial charge on any atom is -0.427 e. The highest BCUT2D eigenvalue weighted by molar-refractivity contribution is 6.30. The van der Waals surface area contributed by atoms with E-state index in [0.29, 0.717) is 11.4 Å². The average molecular weight is 538 g/mol. The van der Waals surface area contributed by atoms with Crippen molar-refractivity contribution in [2.75, 3.05) is 46.3 Å². The fourth-order valence-corrected chi connectivity index (χ4v) is 4.36. The summed E-state index contributed by atoms with van der Waals surface area (Å²) in [6, 6.07) is 11.4. The van der Waals surface area contributed by atoms with Crippen molar-refractivity contribution in [3.05, 3.63) is 82.8 Å². The first kappa shape index (κ1) is 27.8. The molecule has 1 aromatic heterocycles. The topological polar surface area (TPSA) is 118 Å². The lowest BCUT2D eigenvalue weighted by Gasteiger charge is -2.27. The Morgan fingerprint density at radius 3 is 2.71 bits per heavy atom. The third-order valence-electron chi connectivity index (χ3n) is 6.59. The Morgan fingerprint density at radius 1 is 1.29 bits per heavy atom. The highest BCUT2D eigenvalue weighted by atomic mass is 35.5. The summed E-state index contributed by atoms with van der Waals surface area (Å²) in [5.41, 5.74) is 11.0. The van der Waals surface area contributed by atoms with Gasteiger partial charge in [-0.2, -0.15) is 0 Å². The lowest BCUT2D eigenvalue weighted by Crippen LogP contribution is -2.47. The molecule has 0 radical (unpaired) electrons. The zero-order valence-corrected chi connectivity index (χ0v) is 22.7. The van der Waals surface area contributed by atoms with E-state index in [9.17, 15) is 4.79 Å². The lowest BCUT2D eigenvalue weighted by molar-refractivity contribution is 0.0534. The molecule has 10 heteroatoms. The number of benzene rings is 1. The molecule has 3 aliphatic rings. The van der Waals surface area contributed by atoms with Crippen LogP contribution in [-0.4, -0.2) is 85.3 Å². The number of carbonyl (C=O) groups is 1. The molecule has 4 heterocycles. The van der Waals surface area contributed by atoms with E-state index in [1.54, 1.807) is 17.4 Å². The fraction of sp³-hybridized carbons (Fsp3) is 0.393. The van der Waals surface area contributed by atoms with E-state index in [0.717, 1.165) is 67.2 Å².